The molecule has 4 aromatic rings. The highest BCUT2D eigenvalue weighted by molar-refractivity contribution is 6.01. The van der Waals surface area contributed by atoms with Gasteiger partial charge in [0.05, 0.1) is 5.69 Å². The van der Waals surface area contributed by atoms with Gasteiger partial charge in [-0.05, 0) is 60.2 Å². The monoisotopic (exact) mass is 441 g/mol. The van der Waals surface area contributed by atoms with Crippen LogP contribution in [0.4, 0.5) is 14.9 Å². The zero-order chi connectivity index (χ0) is 22.8. The third-order valence-corrected chi connectivity index (χ3v) is 6.37. The number of rotatable bonds is 4. The average Bonchev–Trinajstić information content (AvgIpc) is 2.81. The number of pyridine rings is 1. The number of hydrogen-bond donors (Lipinski definition) is 2. The lowest BCUT2D eigenvalue weighted by Crippen LogP contribution is -2.44. The fourth-order valence-corrected chi connectivity index (χ4v) is 4.82. The Kier molecular flexibility index (Phi) is 5.65. The lowest BCUT2D eigenvalue weighted by molar-refractivity contribution is -0.603. The lowest BCUT2D eigenvalue weighted by atomic mass is 9.76. The Morgan fingerprint density at radius 3 is 2.76 bits per heavy atom. The highest BCUT2D eigenvalue weighted by Crippen LogP contribution is 2.35. The van der Waals surface area contributed by atoms with Gasteiger partial charge >= 0.3 is 6.03 Å². The van der Waals surface area contributed by atoms with Crippen LogP contribution in [0.25, 0.3) is 10.8 Å². The normalized spacial score (nSPS) is 17.4. The van der Waals surface area contributed by atoms with E-state index in [4.69, 9.17) is 0 Å². The second kappa shape index (κ2) is 8.90. The number of carbonyl (C=O) groups excluding carboxylic acids is 1. The molecule has 1 heterocycles. The van der Waals surface area contributed by atoms with E-state index in [1.807, 2.05) is 42.5 Å². The minimum absolute atomic E-state index is 0.0365. The van der Waals surface area contributed by atoms with E-state index >= 15 is 0 Å². The number of carbonyl (C=O) groups is 1. The molecule has 2 N–H and O–H groups in total. The van der Waals surface area contributed by atoms with E-state index in [1.54, 1.807) is 12.1 Å². The van der Waals surface area contributed by atoms with Gasteiger partial charge in [-0.15, -0.1) is 0 Å². The lowest BCUT2D eigenvalue weighted by Gasteiger charge is -2.34. The Morgan fingerprint density at radius 2 is 1.91 bits per heavy atom. The summed E-state index contributed by atoms with van der Waals surface area (Å²) in [5, 5.41) is 19.2. The van der Waals surface area contributed by atoms with Crippen LogP contribution in [-0.2, 0) is 12.8 Å². The van der Waals surface area contributed by atoms with E-state index in [0.717, 1.165) is 39.5 Å². The van der Waals surface area contributed by atoms with Crippen molar-refractivity contribution in [1.82, 2.24) is 5.32 Å². The first-order valence-corrected chi connectivity index (χ1v) is 11.1. The molecule has 1 aliphatic rings. The van der Waals surface area contributed by atoms with Gasteiger partial charge in [0.25, 0.3) is 0 Å². The number of anilines is 1. The van der Waals surface area contributed by atoms with Crippen LogP contribution in [0.15, 0.2) is 85.2 Å². The fraction of sp³-hybridized carbons (Fsp3) is 0.185. The summed E-state index contributed by atoms with van der Waals surface area (Å²) in [6, 6.07) is 21.9. The first-order valence-electron chi connectivity index (χ1n) is 11.1. The van der Waals surface area contributed by atoms with Gasteiger partial charge in [0.1, 0.15) is 5.82 Å². The van der Waals surface area contributed by atoms with E-state index in [9.17, 15) is 14.4 Å². The van der Waals surface area contributed by atoms with Crippen molar-refractivity contribution < 1.29 is 13.9 Å². The van der Waals surface area contributed by atoms with Gasteiger partial charge in [-0.2, -0.15) is 4.73 Å². The topological polar surface area (TPSA) is 68.1 Å². The van der Waals surface area contributed by atoms with Crippen molar-refractivity contribution in [2.24, 2.45) is 0 Å². The Balaban J connectivity index is 1.39. The number of aryl methyl sites for hydroxylation is 1. The molecule has 6 heteroatoms. The standard InChI is InChI=1S/C27H24FN3O2/c28-21-10-11-22-19(16-21)9-12-26(24(22)15-18-5-2-1-3-6-18)30-27(32)29-25-8-4-7-20-17-31(33)14-13-23(20)25/h1-8,10-11,13-14,16-17,24,26H,9,12,15H2,(H2,29,30,32)/t24-,26+/m0/s1. The summed E-state index contributed by atoms with van der Waals surface area (Å²) in [5.41, 5.74) is 3.91. The minimum Gasteiger partial charge on any atom is -0.619 e. The van der Waals surface area contributed by atoms with Crippen molar-refractivity contribution in [1.29, 1.82) is 0 Å². The zero-order valence-electron chi connectivity index (χ0n) is 18.0. The molecule has 0 fully saturated rings. The first kappa shape index (κ1) is 20.9. The molecule has 0 spiro atoms. The highest BCUT2D eigenvalue weighted by atomic mass is 19.1. The molecule has 0 saturated carbocycles. The third-order valence-electron chi connectivity index (χ3n) is 6.37. The smallest absolute Gasteiger partial charge is 0.319 e. The zero-order valence-corrected chi connectivity index (χ0v) is 18.0. The summed E-state index contributed by atoms with van der Waals surface area (Å²) in [6.45, 7) is 0. The molecule has 0 unspecified atom stereocenters. The number of fused-ring (bicyclic) bond motifs is 2. The van der Waals surface area contributed by atoms with Crippen LogP contribution >= 0.6 is 0 Å². The van der Waals surface area contributed by atoms with E-state index < -0.39 is 0 Å². The molecular weight excluding hydrogens is 417 g/mol. The fourth-order valence-electron chi connectivity index (χ4n) is 4.82. The molecule has 3 aromatic carbocycles. The predicted molar refractivity (Wildman–Crippen MR) is 126 cm³/mol. The SMILES string of the molecule is O=C(Nc1cccc2c[n+]([O-])ccc12)N[C@@H]1CCc2cc(F)ccc2[C@@H]1Cc1ccccc1. The summed E-state index contributed by atoms with van der Waals surface area (Å²) in [7, 11) is 0. The van der Waals surface area contributed by atoms with Gasteiger partial charge in [0.15, 0.2) is 12.4 Å². The largest absolute Gasteiger partial charge is 0.619 e. The molecule has 5 rings (SSSR count). The van der Waals surface area contributed by atoms with Crippen LogP contribution in [0.3, 0.4) is 0 Å². The molecule has 0 radical (unpaired) electrons. The molecule has 5 nitrogen and oxygen atoms in total. The number of nitrogens with zero attached hydrogens (tertiary/aromatic N) is 1. The van der Waals surface area contributed by atoms with E-state index in [0.29, 0.717) is 12.1 Å². The number of benzene rings is 3. The number of amides is 2. The molecule has 33 heavy (non-hydrogen) atoms. The molecule has 0 aliphatic heterocycles. The maximum Gasteiger partial charge on any atom is 0.319 e. The summed E-state index contributed by atoms with van der Waals surface area (Å²) in [4.78, 5) is 13.0. The maximum absolute atomic E-state index is 13.8. The predicted octanol–water partition coefficient (Wildman–Crippen LogP) is 5.08. The van der Waals surface area contributed by atoms with Crippen molar-refractivity contribution in [2.75, 3.05) is 5.32 Å². The van der Waals surface area contributed by atoms with E-state index in [-0.39, 0.29) is 23.8 Å². The van der Waals surface area contributed by atoms with Gasteiger partial charge in [-0.1, -0.05) is 42.5 Å². The van der Waals surface area contributed by atoms with Gasteiger partial charge in [-0.25, -0.2) is 9.18 Å². The van der Waals surface area contributed by atoms with Crippen molar-refractivity contribution in [3.63, 3.8) is 0 Å². The van der Waals surface area contributed by atoms with Gasteiger partial charge in [0, 0.05) is 28.8 Å². The molecule has 1 aromatic heterocycles. The maximum atomic E-state index is 13.8. The van der Waals surface area contributed by atoms with Crippen LogP contribution in [0.2, 0.25) is 0 Å². The van der Waals surface area contributed by atoms with Crippen molar-refractivity contribution >= 4 is 22.5 Å². The van der Waals surface area contributed by atoms with E-state index in [1.165, 1.54) is 24.0 Å². The summed E-state index contributed by atoms with van der Waals surface area (Å²) in [5.74, 6) is -0.193. The average molecular weight is 442 g/mol. The Bertz CT molecular complexity index is 1310. The first-order chi connectivity index (χ1) is 16.1. The van der Waals surface area contributed by atoms with Crippen LogP contribution in [0, 0.1) is 11.0 Å². The second-order valence-corrected chi connectivity index (χ2v) is 8.50. The van der Waals surface area contributed by atoms with Crippen molar-refractivity contribution in [3.05, 3.63) is 113 Å². The van der Waals surface area contributed by atoms with Crippen LogP contribution < -0.4 is 15.4 Å². The van der Waals surface area contributed by atoms with Crippen LogP contribution in [0.1, 0.15) is 29.0 Å². The van der Waals surface area contributed by atoms with Gasteiger partial charge in [0.2, 0.25) is 0 Å². The Labute approximate surface area is 191 Å². The molecule has 166 valence electrons. The second-order valence-electron chi connectivity index (χ2n) is 8.50. The number of urea groups is 1. The Morgan fingerprint density at radius 1 is 1.06 bits per heavy atom. The molecule has 2 amide bonds. The Hall–Kier alpha value is -3.93. The summed E-state index contributed by atoms with van der Waals surface area (Å²) >= 11 is 0. The van der Waals surface area contributed by atoms with Crippen molar-refractivity contribution in [2.45, 2.75) is 31.2 Å². The highest BCUT2D eigenvalue weighted by Gasteiger charge is 2.31. The molecule has 2 atom stereocenters. The number of aromatic nitrogens is 1. The molecule has 0 saturated heterocycles. The van der Waals surface area contributed by atoms with Crippen LogP contribution in [0.5, 0.6) is 0 Å². The molecular formula is C27H24FN3O2. The number of halogens is 1. The van der Waals surface area contributed by atoms with E-state index in [2.05, 4.69) is 22.8 Å². The number of hydrogen-bond acceptors (Lipinski definition) is 2. The molecule has 1 aliphatic carbocycles. The van der Waals surface area contributed by atoms with Crippen LogP contribution in [-0.4, -0.2) is 12.1 Å². The van der Waals surface area contributed by atoms with Gasteiger partial charge < -0.3 is 15.8 Å². The third kappa shape index (κ3) is 4.51. The number of nitrogens with one attached hydrogen (secondary N) is 2. The van der Waals surface area contributed by atoms with Crippen molar-refractivity contribution in [3.8, 4) is 0 Å². The summed E-state index contributed by atoms with van der Waals surface area (Å²) < 4.78 is 14.6. The minimum atomic E-state index is -0.296. The van der Waals surface area contributed by atoms with Gasteiger partial charge in [-0.3, -0.25) is 0 Å². The molecule has 0 bridgehead atoms. The summed E-state index contributed by atoms with van der Waals surface area (Å²) in [6.07, 6.45) is 5.08. The quantitative estimate of drug-likeness (QED) is 0.343.